The van der Waals surface area contributed by atoms with Crippen LogP contribution in [0.2, 0.25) is 0 Å². The zero-order chi connectivity index (χ0) is 9.97. The number of nitrogens with zero attached hydrogens (tertiary/aromatic N) is 2. The maximum atomic E-state index is 11.3. The highest BCUT2D eigenvalue weighted by Gasteiger charge is 2.33. The average molecular weight is 197 g/mol. The van der Waals surface area contributed by atoms with E-state index in [4.69, 9.17) is 9.84 Å². The molecule has 2 N–H and O–H groups in total. The van der Waals surface area contributed by atoms with Crippen LogP contribution in [0.3, 0.4) is 0 Å². The Balaban J connectivity index is 2.08. The smallest absolute Gasteiger partial charge is 0.416 e. The number of carbonyl (C=O) groups excluding carboxylic acids is 1. The minimum atomic E-state index is -0.445. The molecule has 0 unspecified atom stereocenters. The zero-order valence-electron chi connectivity index (χ0n) is 7.51. The summed E-state index contributed by atoms with van der Waals surface area (Å²) in [7, 11) is 0. The fraction of sp³-hybridized carbons (Fsp3) is 0.500. The summed E-state index contributed by atoms with van der Waals surface area (Å²) in [4.78, 5) is 16.7. The molecule has 14 heavy (non-hydrogen) atoms. The molecule has 2 rings (SSSR count). The van der Waals surface area contributed by atoms with Gasteiger partial charge in [-0.2, -0.15) is 0 Å². The Bertz CT molecular complexity index is 300. The van der Waals surface area contributed by atoms with Gasteiger partial charge in [0.2, 0.25) is 0 Å². The SMILES string of the molecule is O=C1O[C@@H](CO)CN1C1=CN=CCN1. The topological polar surface area (TPSA) is 74.2 Å². The van der Waals surface area contributed by atoms with Gasteiger partial charge in [-0.05, 0) is 0 Å². The summed E-state index contributed by atoms with van der Waals surface area (Å²) in [5, 5.41) is 11.8. The summed E-state index contributed by atoms with van der Waals surface area (Å²) in [6.45, 7) is 0.807. The number of rotatable bonds is 2. The average Bonchev–Trinajstić information content (AvgIpc) is 2.61. The second kappa shape index (κ2) is 3.67. The predicted octanol–water partition coefficient (Wildman–Crippen LogP) is -0.728. The normalized spacial score (nSPS) is 25.8. The molecule has 1 fully saturated rings. The standard InChI is InChI=1S/C8H11N3O3/c12-5-6-4-11(8(13)14-6)7-3-9-1-2-10-7/h1,3,6,10,12H,2,4-5H2/t6-/m1/s1. The van der Waals surface area contributed by atoms with Crippen LogP contribution in [0.4, 0.5) is 4.79 Å². The van der Waals surface area contributed by atoms with Gasteiger partial charge < -0.3 is 15.2 Å². The van der Waals surface area contributed by atoms with E-state index >= 15 is 0 Å². The highest BCUT2D eigenvalue weighted by Crippen LogP contribution is 2.15. The van der Waals surface area contributed by atoms with E-state index in [-0.39, 0.29) is 6.61 Å². The quantitative estimate of drug-likeness (QED) is 0.612. The molecule has 1 atom stereocenters. The molecule has 0 aromatic carbocycles. The van der Waals surface area contributed by atoms with Gasteiger partial charge in [0.25, 0.3) is 0 Å². The van der Waals surface area contributed by atoms with Gasteiger partial charge in [0, 0.05) is 6.21 Å². The van der Waals surface area contributed by atoms with Crippen molar-refractivity contribution in [2.75, 3.05) is 19.7 Å². The van der Waals surface area contributed by atoms with Crippen molar-refractivity contribution < 1.29 is 14.6 Å². The van der Waals surface area contributed by atoms with Crippen LogP contribution in [-0.4, -0.2) is 48.1 Å². The highest BCUT2D eigenvalue weighted by molar-refractivity contribution is 5.73. The molecule has 0 aromatic heterocycles. The van der Waals surface area contributed by atoms with Crippen LogP contribution in [0.1, 0.15) is 0 Å². The molecule has 0 saturated carbocycles. The van der Waals surface area contributed by atoms with E-state index in [2.05, 4.69) is 10.3 Å². The number of aliphatic hydroxyl groups excluding tert-OH is 1. The van der Waals surface area contributed by atoms with Crippen molar-refractivity contribution in [3.8, 4) is 0 Å². The second-order valence-corrected chi connectivity index (χ2v) is 3.03. The van der Waals surface area contributed by atoms with Crippen LogP contribution in [0.15, 0.2) is 17.0 Å². The molecular formula is C8H11N3O3. The van der Waals surface area contributed by atoms with Gasteiger partial charge in [0.15, 0.2) is 0 Å². The third-order valence-electron chi connectivity index (χ3n) is 2.05. The number of cyclic esters (lactones) is 1. The Morgan fingerprint density at radius 1 is 1.79 bits per heavy atom. The molecule has 0 aromatic rings. The second-order valence-electron chi connectivity index (χ2n) is 3.03. The molecule has 2 heterocycles. The maximum Gasteiger partial charge on any atom is 0.416 e. The lowest BCUT2D eigenvalue weighted by Crippen LogP contribution is -2.35. The Morgan fingerprint density at radius 3 is 3.21 bits per heavy atom. The van der Waals surface area contributed by atoms with E-state index in [9.17, 15) is 4.79 Å². The van der Waals surface area contributed by atoms with Gasteiger partial charge in [0.05, 0.1) is 25.9 Å². The van der Waals surface area contributed by atoms with Crippen LogP contribution in [0.5, 0.6) is 0 Å². The number of hydrogen-bond donors (Lipinski definition) is 2. The van der Waals surface area contributed by atoms with E-state index in [1.165, 1.54) is 4.90 Å². The van der Waals surface area contributed by atoms with Gasteiger partial charge in [-0.1, -0.05) is 0 Å². The highest BCUT2D eigenvalue weighted by atomic mass is 16.6. The summed E-state index contributed by atoms with van der Waals surface area (Å²) >= 11 is 0. The predicted molar refractivity (Wildman–Crippen MR) is 48.6 cm³/mol. The van der Waals surface area contributed by atoms with Crippen molar-refractivity contribution in [3.05, 3.63) is 12.0 Å². The van der Waals surface area contributed by atoms with Crippen molar-refractivity contribution >= 4 is 12.3 Å². The van der Waals surface area contributed by atoms with Crippen molar-refractivity contribution in [2.24, 2.45) is 4.99 Å². The fourth-order valence-corrected chi connectivity index (χ4v) is 1.35. The Labute approximate surface area is 80.9 Å². The third-order valence-corrected chi connectivity index (χ3v) is 2.05. The van der Waals surface area contributed by atoms with E-state index in [0.29, 0.717) is 18.9 Å². The first-order valence-corrected chi connectivity index (χ1v) is 4.36. The number of nitrogens with one attached hydrogen (secondary N) is 1. The lowest BCUT2D eigenvalue weighted by Gasteiger charge is -2.18. The van der Waals surface area contributed by atoms with Crippen molar-refractivity contribution in [2.45, 2.75) is 6.10 Å². The van der Waals surface area contributed by atoms with Gasteiger partial charge in [-0.25, -0.2) is 4.79 Å². The Hall–Kier alpha value is -1.56. The summed E-state index contributed by atoms with van der Waals surface area (Å²) < 4.78 is 4.88. The minimum Gasteiger partial charge on any atom is -0.441 e. The van der Waals surface area contributed by atoms with E-state index in [1.807, 2.05) is 0 Å². The van der Waals surface area contributed by atoms with Crippen molar-refractivity contribution in [3.63, 3.8) is 0 Å². The molecule has 76 valence electrons. The van der Waals surface area contributed by atoms with E-state index in [0.717, 1.165) is 0 Å². The van der Waals surface area contributed by atoms with E-state index in [1.54, 1.807) is 12.4 Å². The molecule has 6 nitrogen and oxygen atoms in total. The number of hydrogen-bond acceptors (Lipinski definition) is 5. The largest absolute Gasteiger partial charge is 0.441 e. The number of amides is 1. The summed E-state index contributed by atoms with van der Waals surface area (Å²) in [6, 6.07) is 0. The third kappa shape index (κ3) is 1.56. The molecular weight excluding hydrogens is 186 g/mol. The first kappa shape index (κ1) is 9.01. The minimum absolute atomic E-state index is 0.154. The molecule has 0 aliphatic carbocycles. The molecule has 2 aliphatic rings. The monoisotopic (exact) mass is 197 g/mol. The summed E-state index contributed by atoms with van der Waals surface area (Å²) in [5.41, 5.74) is 0. The summed E-state index contributed by atoms with van der Waals surface area (Å²) in [5.74, 6) is 0.619. The number of aliphatic imine (C=N–C) groups is 1. The number of aliphatic hydroxyl groups is 1. The van der Waals surface area contributed by atoms with Gasteiger partial charge >= 0.3 is 6.09 Å². The first-order valence-electron chi connectivity index (χ1n) is 4.36. The molecule has 0 bridgehead atoms. The molecule has 1 saturated heterocycles. The van der Waals surface area contributed by atoms with Crippen LogP contribution in [0.25, 0.3) is 0 Å². The maximum absolute atomic E-state index is 11.3. The summed E-state index contributed by atoms with van der Waals surface area (Å²) in [6.07, 6.45) is 2.38. The molecule has 0 spiro atoms. The first-order chi connectivity index (χ1) is 6.81. The van der Waals surface area contributed by atoms with Crippen LogP contribution in [-0.2, 0) is 4.74 Å². The van der Waals surface area contributed by atoms with Crippen LogP contribution >= 0.6 is 0 Å². The number of carbonyl (C=O) groups is 1. The molecule has 1 amide bonds. The molecule has 6 heteroatoms. The fourth-order valence-electron chi connectivity index (χ4n) is 1.35. The van der Waals surface area contributed by atoms with Crippen molar-refractivity contribution in [1.82, 2.24) is 10.2 Å². The van der Waals surface area contributed by atoms with Crippen LogP contribution < -0.4 is 5.32 Å². The van der Waals surface area contributed by atoms with Crippen LogP contribution in [0, 0.1) is 0 Å². The molecule has 0 radical (unpaired) electrons. The number of ether oxygens (including phenoxy) is 1. The Kier molecular flexibility index (Phi) is 2.36. The van der Waals surface area contributed by atoms with Gasteiger partial charge in [-0.15, -0.1) is 0 Å². The lowest BCUT2D eigenvalue weighted by atomic mass is 10.3. The molecule has 2 aliphatic heterocycles. The zero-order valence-corrected chi connectivity index (χ0v) is 7.51. The van der Waals surface area contributed by atoms with Gasteiger partial charge in [0.1, 0.15) is 11.9 Å². The lowest BCUT2D eigenvalue weighted by molar-refractivity contribution is 0.0951. The van der Waals surface area contributed by atoms with Crippen molar-refractivity contribution in [1.29, 1.82) is 0 Å². The van der Waals surface area contributed by atoms with Gasteiger partial charge in [-0.3, -0.25) is 9.89 Å². The van der Waals surface area contributed by atoms with E-state index < -0.39 is 12.2 Å². The Morgan fingerprint density at radius 2 is 2.64 bits per heavy atom.